The van der Waals surface area contributed by atoms with Crippen LogP contribution < -0.4 is 4.31 Å². The molecule has 81 valence electrons. The number of hydrogen-bond donors (Lipinski definition) is 0. The second kappa shape index (κ2) is 3.52. The highest BCUT2D eigenvalue weighted by atomic mass is 32.2. The summed E-state index contributed by atoms with van der Waals surface area (Å²) in [4.78, 5) is 0. The molecule has 1 radical (unpaired) electrons. The third-order valence-electron chi connectivity index (χ3n) is 2.77. The molecular weight excluding hydrogens is 210 g/mol. The van der Waals surface area contributed by atoms with Crippen LogP contribution in [0.5, 0.6) is 0 Å². The Kier molecular flexibility index (Phi) is 2.46. The van der Waals surface area contributed by atoms with Crippen molar-refractivity contribution in [1.82, 2.24) is 0 Å². The number of sulfonamides is 1. The smallest absolute Gasteiger partial charge is 0.232 e. The number of benzene rings is 1. The van der Waals surface area contributed by atoms with Crippen molar-refractivity contribution in [1.29, 1.82) is 0 Å². The normalized spacial score (nSPS) is 20.4. The van der Waals surface area contributed by atoms with Crippen LogP contribution in [-0.2, 0) is 10.0 Å². The average molecular weight is 224 g/mol. The van der Waals surface area contributed by atoms with E-state index in [1.165, 1.54) is 10.6 Å². The lowest BCUT2D eigenvalue weighted by atomic mass is 9.99. The first-order valence-corrected chi connectivity index (χ1v) is 6.75. The lowest BCUT2D eigenvalue weighted by Gasteiger charge is -2.16. The summed E-state index contributed by atoms with van der Waals surface area (Å²) in [6.07, 6.45) is 3.30. The fourth-order valence-corrected chi connectivity index (χ4v) is 2.96. The summed E-state index contributed by atoms with van der Waals surface area (Å²) in [5.41, 5.74) is 1.92. The number of anilines is 1. The van der Waals surface area contributed by atoms with Gasteiger partial charge in [-0.2, -0.15) is 0 Å². The Balaban J connectivity index is 2.51. The van der Waals surface area contributed by atoms with Crippen LogP contribution in [0.25, 0.3) is 0 Å². The molecular formula is C11H14NO2S. The molecule has 0 saturated heterocycles. The van der Waals surface area contributed by atoms with Crippen LogP contribution in [-0.4, -0.2) is 21.2 Å². The number of para-hydroxylation sites is 1. The van der Waals surface area contributed by atoms with Gasteiger partial charge in [-0.3, -0.25) is 4.31 Å². The lowest BCUT2D eigenvalue weighted by molar-refractivity contribution is 0.597. The Hall–Kier alpha value is -1.03. The van der Waals surface area contributed by atoms with E-state index >= 15 is 0 Å². The van der Waals surface area contributed by atoms with Crippen LogP contribution in [0.1, 0.15) is 18.4 Å². The van der Waals surface area contributed by atoms with E-state index in [1.54, 1.807) is 0 Å². The second-order valence-corrected chi connectivity index (χ2v) is 5.70. The Morgan fingerprint density at radius 2 is 2.07 bits per heavy atom. The van der Waals surface area contributed by atoms with Crippen molar-refractivity contribution in [3.63, 3.8) is 0 Å². The van der Waals surface area contributed by atoms with E-state index in [0.29, 0.717) is 6.54 Å². The lowest BCUT2D eigenvalue weighted by Crippen LogP contribution is -2.28. The minimum atomic E-state index is -3.15. The highest BCUT2D eigenvalue weighted by molar-refractivity contribution is 7.92. The number of rotatable bonds is 2. The second-order valence-electron chi connectivity index (χ2n) is 3.79. The predicted octanol–water partition coefficient (Wildman–Crippen LogP) is 1.77. The van der Waals surface area contributed by atoms with Gasteiger partial charge in [0.25, 0.3) is 0 Å². The molecule has 1 heterocycles. The van der Waals surface area contributed by atoms with Crippen molar-refractivity contribution in [2.75, 3.05) is 17.1 Å². The average Bonchev–Trinajstić information content (AvgIpc) is 2.55. The molecule has 0 bridgehead atoms. The summed E-state index contributed by atoms with van der Waals surface area (Å²) < 4.78 is 24.6. The Bertz CT molecular complexity index is 467. The Morgan fingerprint density at radius 1 is 1.40 bits per heavy atom. The van der Waals surface area contributed by atoms with Gasteiger partial charge in [0.15, 0.2) is 0 Å². The Labute approximate surface area is 90.8 Å². The molecule has 0 aliphatic carbocycles. The molecule has 0 saturated carbocycles. The fraction of sp³-hybridized carbons (Fsp3) is 0.364. The van der Waals surface area contributed by atoms with Gasteiger partial charge in [0.2, 0.25) is 10.0 Å². The number of nitrogens with zero attached hydrogens (tertiary/aromatic N) is 1. The van der Waals surface area contributed by atoms with Crippen molar-refractivity contribution in [3.8, 4) is 0 Å². The molecule has 0 amide bonds. The molecule has 1 aromatic rings. The SMILES string of the molecule is C[CH]C1CN(S(C)(=O)=O)c2ccccc21. The number of fused-ring (bicyclic) bond motifs is 1. The molecule has 1 aromatic carbocycles. The van der Waals surface area contributed by atoms with Gasteiger partial charge in [0.1, 0.15) is 0 Å². The van der Waals surface area contributed by atoms with Crippen molar-refractivity contribution in [2.45, 2.75) is 12.8 Å². The summed E-state index contributed by atoms with van der Waals surface area (Å²) in [6.45, 7) is 2.50. The van der Waals surface area contributed by atoms with Gasteiger partial charge < -0.3 is 0 Å². The molecule has 1 atom stereocenters. The quantitative estimate of drug-likeness (QED) is 0.767. The van der Waals surface area contributed by atoms with Crippen molar-refractivity contribution in [2.24, 2.45) is 0 Å². The summed E-state index contributed by atoms with van der Waals surface area (Å²) in [5, 5.41) is 0. The van der Waals surface area contributed by atoms with Gasteiger partial charge in [0, 0.05) is 12.5 Å². The van der Waals surface area contributed by atoms with Gasteiger partial charge in [-0.05, 0) is 18.1 Å². The van der Waals surface area contributed by atoms with E-state index in [2.05, 4.69) is 0 Å². The molecule has 1 aliphatic heterocycles. The molecule has 0 N–H and O–H groups in total. The van der Waals surface area contributed by atoms with Crippen molar-refractivity contribution in [3.05, 3.63) is 36.2 Å². The van der Waals surface area contributed by atoms with Gasteiger partial charge in [0.05, 0.1) is 11.9 Å². The van der Waals surface area contributed by atoms with Crippen LogP contribution in [0.15, 0.2) is 24.3 Å². The van der Waals surface area contributed by atoms with E-state index in [4.69, 9.17) is 0 Å². The van der Waals surface area contributed by atoms with Crippen LogP contribution in [0.2, 0.25) is 0 Å². The third-order valence-corrected chi connectivity index (χ3v) is 3.92. The standard InChI is InChI=1S/C11H14NO2S/c1-3-9-8-12(15(2,13)14)11-7-5-4-6-10(9)11/h3-7,9H,8H2,1-2H3. The summed E-state index contributed by atoms with van der Waals surface area (Å²) in [5.74, 6) is 0.218. The Morgan fingerprint density at radius 3 is 2.67 bits per heavy atom. The molecule has 4 heteroatoms. The zero-order valence-corrected chi connectivity index (χ0v) is 9.66. The minimum Gasteiger partial charge on any atom is -0.270 e. The first-order valence-electron chi connectivity index (χ1n) is 4.90. The minimum absolute atomic E-state index is 0.218. The first-order chi connectivity index (χ1) is 7.04. The fourth-order valence-electron chi connectivity index (χ4n) is 2.00. The zero-order valence-electron chi connectivity index (χ0n) is 8.84. The summed E-state index contributed by atoms with van der Waals surface area (Å²) in [6, 6.07) is 7.67. The molecule has 0 fully saturated rings. The molecule has 3 nitrogen and oxygen atoms in total. The molecule has 0 spiro atoms. The summed E-state index contributed by atoms with van der Waals surface area (Å²) in [7, 11) is -3.15. The van der Waals surface area contributed by atoms with E-state index in [9.17, 15) is 8.42 Å². The van der Waals surface area contributed by atoms with E-state index < -0.39 is 10.0 Å². The van der Waals surface area contributed by atoms with Crippen LogP contribution in [0, 0.1) is 6.42 Å². The maximum atomic E-state index is 11.6. The highest BCUT2D eigenvalue weighted by Crippen LogP contribution is 2.38. The van der Waals surface area contributed by atoms with E-state index in [0.717, 1.165) is 11.3 Å². The largest absolute Gasteiger partial charge is 0.270 e. The maximum absolute atomic E-state index is 11.6. The van der Waals surface area contributed by atoms with Crippen LogP contribution >= 0.6 is 0 Å². The first kappa shape index (κ1) is 10.5. The van der Waals surface area contributed by atoms with Crippen molar-refractivity contribution >= 4 is 15.7 Å². The monoisotopic (exact) mass is 224 g/mol. The maximum Gasteiger partial charge on any atom is 0.232 e. The topological polar surface area (TPSA) is 37.4 Å². The number of hydrogen-bond acceptors (Lipinski definition) is 2. The molecule has 2 rings (SSSR count). The highest BCUT2D eigenvalue weighted by Gasteiger charge is 2.31. The van der Waals surface area contributed by atoms with Crippen LogP contribution in [0.3, 0.4) is 0 Å². The van der Waals surface area contributed by atoms with Gasteiger partial charge >= 0.3 is 0 Å². The van der Waals surface area contributed by atoms with Gasteiger partial charge in [-0.15, -0.1) is 0 Å². The molecule has 15 heavy (non-hydrogen) atoms. The van der Waals surface area contributed by atoms with E-state index in [-0.39, 0.29) is 5.92 Å². The van der Waals surface area contributed by atoms with Gasteiger partial charge in [-0.1, -0.05) is 25.1 Å². The molecule has 0 aromatic heterocycles. The zero-order chi connectivity index (χ0) is 11.1. The molecule has 1 aliphatic rings. The van der Waals surface area contributed by atoms with Gasteiger partial charge in [-0.25, -0.2) is 8.42 Å². The van der Waals surface area contributed by atoms with Crippen molar-refractivity contribution < 1.29 is 8.42 Å². The predicted molar refractivity (Wildman–Crippen MR) is 61.3 cm³/mol. The summed E-state index contributed by atoms with van der Waals surface area (Å²) >= 11 is 0. The van der Waals surface area contributed by atoms with Crippen LogP contribution in [0.4, 0.5) is 5.69 Å². The third kappa shape index (κ3) is 1.74. The van der Waals surface area contributed by atoms with E-state index in [1.807, 2.05) is 37.6 Å². The molecule has 1 unspecified atom stereocenters.